The fourth-order valence-corrected chi connectivity index (χ4v) is 4.10. The molecule has 2 heterocycles. The topological polar surface area (TPSA) is 48.5 Å². The molecule has 0 bridgehead atoms. The first-order valence-electron chi connectivity index (χ1n) is 8.51. The van der Waals surface area contributed by atoms with Crippen LogP contribution in [0.2, 0.25) is 0 Å². The van der Waals surface area contributed by atoms with Crippen LogP contribution in [0.3, 0.4) is 0 Å². The molecule has 1 atom stereocenters. The Labute approximate surface area is 163 Å². The molecule has 1 amide bonds. The summed E-state index contributed by atoms with van der Waals surface area (Å²) in [7, 11) is 0. The maximum atomic E-state index is 13.6. The van der Waals surface area contributed by atoms with Crippen molar-refractivity contribution in [3.8, 4) is 0 Å². The Morgan fingerprint density at radius 1 is 1.50 bits per heavy atom. The van der Waals surface area contributed by atoms with Crippen molar-refractivity contribution in [2.45, 2.75) is 26.4 Å². The van der Waals surface area contributed by atoms with Crippen molar-refractivity contribution in [1.82, 2.24) is 15.2 Å². The van der Waals surface area contributed by atoms with E-state index in [0.29, 0.717) is 13.1 Å². The summed E-state index contributed by atoms with van der Waals surface area (Å²) in [5.41, 5.74) is 1.92. The molecule has 1 aromatic carbocycles. The average molecular weight is 399 g/mol. The number of rotatable bonds is 5. The number of hydrogen-bond acceptors (Lipinski definition) is 5. The summed E-state index contributed by atoms with van der Waals surface area (Å²) >= 11 is 1.49. The molecule has 0 radical (unpaired) electrons. The van der Waals surface area contributed by atoms with E-state index in [1.54, 1.807) is 24.0 Å². The van der Waals surface area contributed by atoms with Crippen molar-refractivity contribution in [2.75, 3.05) is 31.1 Å². The molecule has 0 aliphatic carbocycles. The number of halogens is 2. The van der Waals surface area contributed by atoms with E-state index < -0.39 is 0 Å². The van der Waals surface area contributed by atoms with Gasteiger partial charge in [0.1, 0.15) is 5.82 Å². The lowest BCUT2D eigenvalue weighted by Gasteiger charge is -2.36. The highest BCUT2D eigenvalue weighted by molar-refractivity contribution is 7.14. The second-order valence-corrected chi connectivity index (χ2v) is 6.97. The highest BCUT2D eigenvalue weighted by Crippen LogP contribution is 2.27. The molecule has 142 valence electrons. The molecule has 0 spiro atoms. The van der Waals surface area contributed by atoms with E-state index in [1.165, 1.54) is 17.4 Å². The van der Waals surface area contributed by atoms with E-state index in [-0.39, 0.29) is 30.2 Å². The van der Waals surface area contributed by atoms with Gasteiger partial charge in [0.25, 0.3) is 0 Å². The maximum absolute atomic E-state index is 13.6. The Kier molecular flexibility index (Phi) is 7.52. The predicted octanol–water partition coefficient (Wildman–Crippen LogP) is 3.22. The fraction of sp³-hybridized carbons (Fsp3) is 0.444. The van der Waals surface area contributed by atoms with Gasteiger partial charge in [-0.2, -0.15) is 0 Å². The van der Waals surface area contributed by atoms with Crippen molar-refractivity contribution >= 4 is 34.8 Å². The number of piperazine rings is 1. The summed E-state index contributed by atoms with van der Waals surface area (Å²) in [5.74, 6) is -0.206. The molecule has 1 aromatic heterocycles. The normalized spacial score (nSPS) is 17.6. The Bertz CT molecular complexity index is 741. The van der Waals surface area contributed by atoms with Crippen molar-refractivity contribution in [1.29, 1.82) is 0 Å². The highest BCUT2D eigenvalue weighted by Gasteiger charge is 2.25. The Balaban J connectivity index is 0.00000243. The lowest BCUT2D eigenvalue weighted by Crippen LogP contribution is -2.45. The molecule has 1 aliphatic rings. The van der Waals surface area contributed by atoms with Crippen LogP contribution in [-0.2, 0) is 11.3 Å². The number of anilines is 1. The molecule has 1 unspecified atom stereocenters. The average Bonchev–Trinajstić information content (AvgIpc) is 3.04. The minimum absolute atomic E-state index is 0. The zero-order chi connectivity index (χ0) is 17.8. The Morgan fingerprint density at radius 2 is 2.31 bits per heavy atom. The largest absolute Gasteiger partial charge is 0.314 e. The molecule has 8 heteroatoms. The van der Waals surface area contributed by atoms with Gasteiger partial charge in [0, 0.05) is 51.1 Å². The van der Waals surface area contributed by atoms with Crippen molar-refractivity contribution < 1.29 is 9.18 Å². The second-order valence-electron chi connectivity index (χ2n) is 6.13. The van der Waals surface area contributed by atoms with E-state index in [2.05, 4.69) is 15.2 Å². The van der Waals surface area contributed by atoms with Crippen molar-refractivity contribution in [3.05, 3.63) is 46.7 Å². The van der Waals surface area contributed by atoms with Gasteiger partial charge in [-0.25, -0.2) is 9.37 Å². The first-order valence-corrected chi connectivity index (χ1v) is 9.39. The molecule has 5 nitrogen and oxygen atoms in total. The van der Waals surface area contributed by atoms with E-state index in [4.69, 9.17) is 0 Å². The Morgan fingerprint density at radius 3 is 3.00 bits per heavy atom. The van der Waals surface area contributed by atoms with Crippen LogP contribution < -0.4 is 10.2 Å². The maximum Gasteiger partial charge on any atom is 0.225 e. The molecule has 1 fully saturated rings. The van der Waals surface area contributed by atoms with Crippen LogP contribution >= 0.6 is 23.7 Å². The standard InChI is InChI=1S/C18H23FN4OS.ClH/c1-3-23(13(2)24)18-21-16(12-25-18)11-22-8-7-20-10-17(22)14-5-4-6-15(19)9-14;/h4-6,9,12,17,20H,3,7-8,10-11H2,1-2H3;1H. The van der Waals surface area contributed by atoms with Gasteiger partial charge in [-0.15, -0.1) is 23.7 Å². The first kappa shape index (κ1) is 20.8. The lowest BCUT2D eigenvalue weighted by atomic mass is 10.0. The highest BCUT2D eigenvalue weighted by atomic mass is 35.5. The molecule has 2 aromatic rings. The summed E-state index contributed by atoms with van der Waals surface area (Å²) in [6.07, 6.45) is 0. The van der Waals surface area contributed by atoms with E-state index >= 15 is 0 Å². The third-order valence-electron chi connectivity index (χ3n) is 4.42. The number of nitrogens with one attached hydrogen (secondary N) is 1. The third-order valence-corrected chi connectivity index (χ3v) is 5.33. The molecule has 3 rings (SSSR count). The zero-order valence-electron chi connectivity index (χ0n) is 14.9. The summed E-state index contributed by atoms with van der Waals surface area (Å²) in [6.45, 7) is 7.36. The molecule has 1 saturated heterocycles. The number of benzene rings is 1. The van der Waals surface area contributed by atoms with Crippen molar-refractivity contribution in [2.24, 2.45) is 0 Å². The molecular weight excluding hydrogens is 375 g/mol. The van der Waals surface area contributed by atoms with Gasteiger partial charge in [-0.05, 0) is 24.6 Å². The fourth-order valence-electron chi connectivity index (χ4n) is 3.17. The zero-order valence-corrected chi connectivity index (χ0v) is 16.6. The molecule has 0 saturated carbocycles. The Hall–Kier alpha value is -1.54. The molecule has 1 N–H and O–H groups in total. The van der Waals surface area contributed by atoms with Gasteiger partial charge in [0.05, 0.1) is 5.69 Å². The SMILES string of the molecule is CCN(C(C)=O)c1nc(CN2CCNCC2c2cccc(F)c2)cs1.Cl. The number of thiazole rings is 1. The number of hydrogen-bond donors (Lipinski definition) is 1. The van der Waals surface area contributed by atoms with Gasteiger partial charge in [0.2, 0.25) is 5.91 Å². The van der Waals surface area contributed by atoms with Gasteiger partial charge in [-0.1, -0.05) is 12.1 Å². The third kappa shape index (κ3) is 4.79. The number of amides is 1. The number of aromatic nitrogens is 1. The minimum Gasteiger partial charge on any atom is -0.314 e. The lowest BCUT2D eigenvalue weighted by molar-refractivity contribution is -0.116. The van der Waals surface area contributed by atoms with E-state index in [9.17, 15) is 9.18 Å². The number of carbonyl (C=O) groups excluding carboxylic acids is 1. The number of nitrogens with zero attached hydrogens (tertiary/aromatic N) is 3. The van der Waals surface area contributed by atoms with E-state index in [1.807, 2.05) is 18.4 Å². The molecule has 26 heavy (non-hydrogen) atoms. The summed E-state index contributed by atoms with van der Waals surface area (Å²) < 4.78 is 13.6. The van der Waals surface area contributed by atoms with Crippen LogP contribution in [0, 0.1) is 5.82 Å². The minimum atomic E-state index is -0.209. The first-order chi connectivity index (χ1) is 12.1. The van der Waals surface area contributed by atoms with Gasteiger partial charge in [0.15, 0.2) is 5.13 Å². The summed E-state index contributed by atoms with van der Waals surface area (Å²) in [5, 5.41) is 6.13. The monoisotopic (exact) mass is 398 g/mol. The van der Waals surface area contributed by atoms with Crippen molar-refractivity contribution in [3.63, 3.8) is 0 Å². The van der Waals surface area contributed by atoms with Crippen LogP contribution in [0.1, 0.15) is 31.1 Å². The smallest absolute Gasteiger partial charge is 0.225 e. The second kappa shape index (κ2) is 9.41. The van der Waals surface area contributed by atoms with Gasteiger partial charge in [-0.3, -0.25) is 14.6 Å². The number of carbonyl (C=O) groups is 1. The van der Waals surface area contributed by atoms with Crippen LogP contribution in [-0.4, -0.2) is 42.0 Å². The molecule has 1 aliphatic heterocycles. The van der Waals surface area contributed by atoms with Crippen LogP contribution in [0.25, 0.3) is 0 Å². The van der Waals surface area contributed by atoms with E-state index in [0.717, 1.165) is 36.0 Å². The quantitative estimate of drug-likeness (QED) is 0.840. The summed E-state index contributed by atoms with van der Waals surface area (Å²) in [6, 6.07) is 6.91. The predicted molar refractivity (Wildman–Crippen MR) is 105 cm³/mol. The van der Waals surface area contributed by atoms with Crippen LogP contribution in [0.15, 0.2) is 29.6 Å². The van der Waals surface area contributed by atoms with Gasteiger partial charge >= 0.3 is 0 Å². The summed E-state index contributed by atoms with van der Waals surface area (Å²) in [4.78, 5) is 20.3. The van der Waals surface area contributed by atoms with Crippen LogP contribution in [0.5, 0.6) is 0 Å². The van der Waals surface area contributed by atoms with Crippen LogP contribution in [0.4, 0.5) is 9.52 Å². The molecular formula is C18H24ClFN4OS. The van der Waals surface area contributed by atoms with Gasteiger partial charge < -0.3 is 5.32 Å².